The Labute approximate surface area is 141 Å². The van der Waals surface area contributed by atoms with Crippen molar-refractivity contribution >= 4 is 5.97 Å². The molecule has 0 bridgehead atoms. The molecule has 0 unspecified atom stereocenters. The first kappa shape index (κ1) is 18.1. The van der Waals surface area contributed by atoms with E-state index in [0.717, 1.165) is 16.8 Å². The van der Waals surface area contributed by atoms with Crippen molar-refractivity contribution in [2.45, 2.75) is 33.2 Å². The Morgan fingerprint density at radius 3 is 2.46 bits per heavy atom. The van der Waals surface area contributed by atoms with Gasteiger partial charge in [-0.1, -0.05) is 13.8 Å². The Morgan fingerprint density at radius 2 is 1.92 bits per heavy atom. The molecular weight excluding hydrogens is 309 g/mol. The summed E-state index contributed by atoms with van der Waals surface area (Å²) >= 11 is 0. The van der Waals surface area contributed by atoms with Crippen LogP contribution < -0.4 is 5.32 Å². The van der Waals surface area contributed by atoms with Crippen LogP contribution in [0.3, 0.4) is 0 Å². The van der Waals surface area contributed by atoms with Gasteiger partial charge in [0.1, 0.15) is 5.82 Å². The number of halogens is 1. The van der Waals surface area contributed by atoms with Gasteiger partial charge in [0.15, 0.2) is 0 Å². The van der Waals surface area contributed by atoms with Crippen molar-refractivity contribution in [1.82, 2.24) is 15.1 Å². The number of hydrogen-bond acceptors (Lipinski definition) is 3. The molecule has 0 radical (unpaired) electrons. The molecule has 1 aromatic carbocycles. The molecular formula is C18H24FN3O2. The lowest BCUT2D eigenvalue weighted by Gasteiger charge is -2.27. The maximum absolute atomic E-state index is 13.1. The third-order valence-corrected chi connectivity index (χ3v) is 4.61. The van der Waals surface area contributed by atoms with Crippen molar-refractivity contribution in [2.75, 3.05) is 6.54 Å². The Kier molecular flexibility index (Phi) is 5.72. The second kappa shape index (κ2) is 7.57. The molecule has 1 heterocycles. The number of nitrogens with zero attached hydrogens (tertiary/aromatic N) is 2. The Balaban J connectivity index is 2.13. The smallest absolute Gasteiger partial charge is 0.310 e. The zero-order valence-electron chi connectivity index (χ0n) is 14.3. The highest BCUT2D eigenvalue weighted by molar-refractivity contribution is 5.74. The van der Waals surface area contributed by atoms with Gasteiger partial charge in [0.05, 0.1) is 11.1 Å². The van der Waals surface area contributed by atoms with Gasteiger partial charge in [-0.2, -0.15) is 5.10 Å². The standard InChI is InChI=1S/C18H24FN3O2/c1-4-18(5-2,17(23)24)12-20-10-14-11-22(3)21-16(14)13-6-8-15(19)9-7-13/h6-9,11,20H,4-5,10,12H2,1-3H3,(H,23,24). The van der Waals surface area contributed by atoms with Gasteiger partial charge in [0.25, 0.3) is 0 Å². The number of nitrogens with one attached hydrogen (secondary N) is 1. The number of rotatable bonds is 8. The molecule has 0 aliphatic heterocycles. The average Bonchev–Trinajstić information content (AvgIpc) is 2.93. The molecule has 2 aromatic rings. The summed E-state index contributed by atoms with van der Waals surface area (Å²) in [5, 5.41) is 17.2. The quantitative estimate of drug-likeness (QED) is 0.778. The van der Waals surface area contributed by atoms with E-state index < -0.39 is 11.4 Å². The first-order valence-electron chi connectivity index (χ1n) is 8.14. The molecule has 5 nitrogen and oxygen atoms in total. The van der Waals surface area contributed by atoms with Crippen LogP contribution in [0.15, 0.2) is 30.5 Å². The molecule has 2 N–H and O–H groups in total. The summed E-state index contributed by atoms with van der Waals surface area (Å²) in [4.78, 5) is 11.6. The molecule has 0 aliphatic carbocycles. The minimum atomic E-state index is -0.773. The molecule has 130 valence electrons. The van der Waals surface area contributed by atoms with Crippen molar-refractivity contribution in [3.63, 3.8) is 0 Å². The molecule has 0 fully saturated rings. The number of carboxylic acids is 1. The van der Waals surface area contributed by atoms with Gasteiger partial charge in [0.2, 0.25) is 0 Å². The van der Waals surface area contributed by atoms with E-state index in [2.05, 4.69) is 10.4 Å². The highest BCUT2D eigenvalue weighted by Gasteiger charge is 2.34. The maximum atomic E-state index is 13.1. The molecule has 0 amide bonds. The van der Waals surface area contributed by atoms with Crippen LogP contribution in [0, 0.1) is 11.2 Å². The molecule has 2 rings (SSSR count). The number of aromatic nitrogens is 2. The molecule has 24 heavy (non-hydrogen) atoms. The van der Waals surface area contributed by atoms with Crippen molar-refractivity contribution in [2.24, 2.45) is 12.5 Å². The zero-order valence-corrected chi connectivity index (χ0v) is 14.3. The van der Waals surface area contributed by atoms with Crippen molar-refractivity contribution in [3.05, 3.63) is 41.8 Å². The lowest BCUT2D eigenvalue weighted by molar-refractivity contribution is -0.149. The van der Waals surface area contributed by atoms with Gasteiger partial charge in [-0.25, -0.2) is 4.39 Å². The second-order valence-electron chi connectivity index (χ2n) is 6.08. The zero-order chi connectivity index (χ0) is 17.7. The molecule has 0 spiro atoms. The maximum Gasteiger partial charge on any atom is 0.310 e. The van der Waals surface area contributed by atoms with Crippen LogP contribution in [0.2, 0.25) is 0 Å². The van der Waals surface area contributed by atoms with Gasteiger partial charge in [-0.05, 0) is 37.1 Å². The second-order valence-corrected chi connectivity index (χ2v) is 6.08. The van der Waals surface area contributed by atoms with Gasteiger partial charge < -0.3 is 10.4 Å². The van der Waals surface area contributed by atoms with Crippen molar-refractivity contribution < 1.29 is 14.3 Å². The number of carboxylic acid groups (broad SMARTS) is 1. The van der Waals surface area contributed by atoms with E-state index in [0.29, 0.717) is 25.9 Å². The Morgan fingerprint density at radius 1 is 1.29 bits per heavy atom. The highest BCUT2D eigenvalue weighted by atomic mass is 19.1. The van der Waals surface area contributed by atoms with Gasteiger partial charge in [0, 0.05) is 37.5 Å². The van der Waals surface area contributed by atoms with E-state index in [-0.39, 0.29) is 5.82 Å². The van der Waals surface area contributed by atoms with Crippen LogP contribution in [0.1, 0.15) is 32.3 Å². The summed E-state index contributed by atoms with van der Waals surface area (Å²) in [6.45, 7) is 4.70. The number of aryl methyl sites for hydroxylation is 1. The van der Waals surface area contributed by atoms with Crippen LogP contribution in [-0.2, 0) is 18.4 Å². The van der Waals surface area contributed by atoms with E-state index >= 15 is 0 Å². The van der Waals surface area contributed by atoms with Crippen LogP contribution in [0.25, 0.3) is 11.3 Å². The Hall–Kier alpha value is -2.21. The van der Waals surface area contributed by atoms with Crippen molar-refractivity contribution in [1.29, 1.82) is 0 Å². The summed E-state index contributed by atoms with van der Waals surface area (Å²) in [6.07, 6.45) is 3.04. The van der Waals surface area contributed by atoms with Crippen LogP contribution in [0.5, 0.6) is 0 Å². The Bertz CT molecular complexity index is 691. The lowest BCUT2D eigenvalue weighted by Crippen LogP contribution is -2.40. The van der Waals surface area contributed by atoms with E-state index in [1.807, 2.05) is 27.1 Å². The van der Waals surface area contributed by atoms with Gasteiger partial charge >= 0.3 is 5.97 Å². The number of carbonyl (C=O) groups is 1. The molecule has 0 saturated heterocycles. The normalized spacial score (nSPS) is 11.7. The third kappa shape index (κ3) is 3.82. The summed E-state index contributed by atoms with van der Waals surface area (Å²) in [6, 6.07) is 6.21. The first-order valence-corrected chi connectivity index (χ1v) is 8.14. The number of benzene rings is 1. The molecule has 0 saturated carbocycles. The number of aliphatic carboxylic acids is 1. The van der Waals surface area contributed by atoms with Crippen LogP contribution in [-0.4, -0.2) is 27.4 Å². The van der Waals surface area contributed by atoms with Gasteiger partial charge in [-0.3, -0.25) is 9.48 Å². The molecule has 0 atom stereocenters. The largest absolute Gasteiger partial charge is 0.481 e. The van der Waals surface area contributed by atoms with Gasteiger partial charge in [-0.15, -0.1) is 0 Å². The fraction of sp³-hybridized carbons (Fsp3) is 0.444. The summed E-state index contributed by atoms with van der Waals surface area (Å²) < 4.78 is 14.8. The van der Waals surface area contributed by atoms with E-state index in [4.69, 9.17) is 0 Å². The summed E-state index contributed by atoms with van der Waals surface area (Å²) in [5.74, 6) is -1.06. The SMILES string of the molecule is CCC(CC)(CNCc1cn(C)nc1-c1ccc(F)cc1)C(=O)O. The summed E-state index contributed by atoms with van der Waals surface area (Å²) in [7, 11) is 1.83. The first-order chi connectivity index (χ1) is 11.4. The fourth-order valence-corrected chi connectivity index (χ4v) is 2.83. The lowest BCUT2D eigenvalue weighted by atomic mass is 9.82. The van der Waals surface area contributed by atoms with E-state index in [1.54, 1.807) is 16.8 Å². The summed E-state index contributed by atoms with van der Waals surface area (Å²) in [5.41, 5.74) is 1.82. The van der Waals surface area contributed by atoms with Crippen LogP contribution >= 0.6 is 0 Å². The molecule has 0 aliphatic rings. The minimum Gasteiger partial charge on any atom is -0.481 e. The third-order valence-electron chi connectivity index (χ3n) is 4.61. The topological polar surface area (TPSA) is 67.2 Å². The number of hydrogen-bond donors (Lipinski definition) is 2. The van der Waals surface area contributed by atoms with E-state index in [9.17, 15) is 14.3 Å². The van der Waals surface area contributed by atoms with Crippen molar-refractivity contribution in [3.8, 4) is 11.3 Å². The average molecular weight is 333 g/mol. The van der Waals surface area contributed by atoms with E-state index in [1.165, 1.54) is 12.1 Å². The monoisotopic (exact) mass is 333 g/mol. The molecule has 6 heteroatoms. The molecule has 1 aromatic heterocycles. The predicted molar refractivity (Wildman–Crippen MR) is 91.0 cm³/mol. The minimum absolute atomic E-state index is 0.286. The highest BCUT2D eigenvalue weighted by Crippen LogP contribution is 2.26. The fourth-order valence-electron chi connectivity index (χ4n) is 2.83. The predicted octanol–water partition coefficient (Wildman–Crippen LogP) is 3.21. The van der Waals surface area contributed by atoms with Crippen LogP contribution in [0.4, 0.5) is 4.39 Å².